The molecule has 2 rings (SSSR count). The van der Waals surface area contributed by atoms with Crippen molar-refractivity contribution in [2.24, 2.45) is 0 Å². The predicted molar refractivity (Wildman–Crippen MR) is 59.4 cm³/mol. The van der Waals surface area contributed by atoms with Gasteiger partial charge in [-0.2, -0.15) is 0 Å². The van der Waals surface area contributed by atoms with Crippen molar-refractivity contribution in [1.82, 2.24) is 5.32 Å². The standard InChI is InChI=1S/C13H18N/c1-3-7-12(8-4-1)11-13-9-5-2-6-10-14-13/h1,3-4,7-8,13H,2,5-6,9-11H2. The number of hydrogen-bond donors (Lipinski definition) is 0. The Labute approximate surface area is 86.5 Å². The summed E-state index contributed by atoms with van der Waals surface area (Å²) in [5, 5.41) is 4.72. The van der Waals surface area contributed by atoms with Gasteiger partial charge >= 0.3 is 0 Å². The summed E-state index contributed by atoms with van der Waals surface area (Å²) in [4.78, 5) is 0. The minimum atomic E-state index is 0.583. The molecular formula is C13H18N. The van der Waals surface area contributed by atoms with Crippen LogP contribution in [0.4, 0.5) is 0 Å². The average Bonchev–Trinajstić information content (AvgIpc) is 2.48. The number of nitrogens with zero attached hydrogens (tertiary/aromatic N) is 1. The van der Waals surface area contributed by atoms with Gasteiger partial charge in [0.25, 0.3) is 0 Å². The van der Waals surface area contributed by atoms with Crippen molar-refractivity contribution >= 4 is 0 Å². The van der Waals surface area contributed by atoms with Gasteiger partial charge in [0.2, 0.25) is 0 Å². The van der Waals surface area contributed by atoms with Crippen LogP contribution < -0.4 is 5.32 Å². The molecule has 1 unspecified atom stereocenters. The smallest absolute Gasteiger partial charge is 0.0286 e. The van der Waals surface area contributed by atoms with Crippen molar-refractivity contribution in [1.29, 1.82) is 0 Å². The van der Waals surface area contributed by atoms with E-state index >= 15 is 0 Å². The molecule has 0 aromatic heterocycles. The summed E-state index contributed by atoms with van der Waals surface area (Å²) in [5.41, 5.74) is 1.43. The maximum Gasteiger partial charge on any atom is 0.0286 e. The van der Waals surface area contributed by atoms with Gasteiger partial charge in [0.05, 0.1) is 0 Å². The first kappa shape index (κ1) is 9.72. The van der Waals surface area contributed by atoms with E-state index in [0.29, 0.717) is 6.04 Å². The molecule has 0 amide bonds. The summed E-state index contributed by atoms with van der Waals surface area (Å²) in [6, 6.07) is 11.3. The third kappa shape index (κ3) is 2.85. The van der Waals surface area contributed by atoms with Crippen LogP contribution in [0.25, 0.3) is 0 Å². The minimum Gasteiger partial charge on any atom is -0.238 e. The molecule has 1 radical (unpaired) electrons. The molecule has 0 saturated carbocycles. The molecule has 1 aliphatic rings. The molecule has 0 spiro atoms. The van der Waals surface area contributed by atoms with E-state index in [1.807, 2.05) is 0 Å². The van der Waals surface area contributed by atoms with Gasteiger partial charge in [0.15, 0.2) is 0 Å². The van der Waals surface area contributed by atoms with Crippen molar-refractivity contribution in [2.75, 3.05) is 6.54 Å². The van der Waals surface area contributed by atoms with Crippen LogP contribution in [-0.4, -0.2) is 12.6 Å². The molecule has 0 aliphatic carbocycles. The summed E-state index contributed by atoms with van der Waals surface area (Å²) in [7, 11) is 0. The Balaban J connectivity index is 1.90. The van der Waals surface area contributed by atoms with Crippen LogP contribution in [0.3, 0.4) is 0 Å². The lowest BCUT2D eigenvalue weighted by molar-refractivity contribution is 0.498. The third-order valence-corrected chi connectivity index (χ3v) is 2.90. The largest absolute Gasteiger partial charge is 0.238 e. The molecule has 0 bridgehead atoms. The molecule has 1 atom stereocenters. The molecular weight excluding hydrogens is 170 g/mol. The SMILES string of the molecule is c1ccc(CC2CCCCC[N]2)cc1. The van der Waals surface area contributed by atoms with E-state index < -0.39 is 0 Å². The number of rotatable bonds is 2. The van der Waals surface area contributed by atoms with Crippen molar-refractivity contribution in [3.63, 3.8) is 0 Å². The van der Waals surface area contributed by atoms with Gasteiger partial charge in [0.1, 0.15) is 0 Å². The maximum atomic E-state index is 4.72. The van der Waals surface area contributed by atoms with Gasteiger partial charge < -0.3 is 0 Å². The molecule has 1 heteroatoms. The quantitative estimate of drug-likeness (QED) is 0.677. The molecule has 0 N–H and O–H groups in total. The second-order valence-corrected chi connectivity index (χ2v) is 4.10. The van der Waals surface area contributed by atoms with E-state index in [4.69, 9.17) is 5.32 Å². The average molecular weight is 188 g/mol. The van der Waals surface area contributed by atoms with Crippen LogP contribution in [0.15, 0.2) is 30.3 Å². The topological polar surface area (TPSA) is 14.1 Å². The molecule has 1 aliphatic heterocycles. The van der Waals surface area contributed by atoms with Crippen LogP contribution in [0.2, 0.25) is 0 Å². The van der Waals surface area contributed by atoms with E-state index in [0.717, 1.165) is 13.0 Å². The fraction of sp³-hybridized carbons (Fsp3) is 0.538. The van der Waals surface area contributed by atoms with E-state index in [2.05, 4.69) is 30.3 Å². The van der Waals surface area contributed by atoms with Crippen molar-refractivity contribution in [2.45, 2.75) is 38.1 Å². The summed E-state index contributed by atoms with van der Waals surface area (Å²) in [6.07, 6.45) is 6.46. The van der Waals surface area contributed by atoms with Gasteiger partial charge in [-0.1, -0.05) is 43.2 Å². The Morgan fingerprint density at radius 1 is 1.07 bits per heavy atom. The van der Waals surface area contributed by atoms with Gasteiger partial charge in [0, 0.05) is 12.6 Å². The van der Waals surface area contributed by atoms with Crippen molar-refractivity contribution in [3.05, 3.63) is 35.9 Å². The zero-order valence-corrected chi connectivity index (χ0v) is 8.65. The normalized spacial score (nSPS) is 23.0. The zero-order valence-electron chi connectivity index (χ0n) is 8.65. The molecule has 75 valence electrons. The highest BCUT2D eigenvalue weighted by atomic mass is 14.9. The van der Waals surface area contributed by atoms with E-state index in [9.17, 15) is 0 Å². The molecule has 1 heterocycles. The maximum absolute atomic E-state index is 4.72. The van der Waals surface area contributed by atoms with Gasteiger partial charge in [-0.05, 0) is 24.8 Å². The molecule has 14 heavy (non-hydrogen) atoms. The first-order chi connectivity index (χ1) is 6.95. The zero-order chi connectivity index (χ0) is 9.64. The van der Waals surface area contributed by atoms with Crippen LogP contribution in [0.5, 0.6) is 0 Å². The first-order valence-corrected chi connectivity index (χ1v) is 5.66. The van der Waals surface area contributed by atoms with Gasteiger partial charge in [-0.25, -0.2) is 5.32 Å². The molecule has 1 saturated heterocycles. The molecule has 1 aromatic carbocycles. The first-order valence-electron chi connectivity index (χ1n) is 5.66. The second kappa shape index (κ2) is 5.16. The Kier molecular flexibility index (Phi) is 3.58. The number of hydrogen-bond acceptors (Lipinski definition) is 0. The third-order valence-electron chi connectivity index (χ3n) is 2.90. The van der Waals surface area contributed by atoms with Crippen LogP contribution in [0, 0.1) is 0 Å². The van der Waals surface area contributed by atoms with E-state index in [-0.39, 0.29) is 0 Å². The molecule has 1 fully saturated rings. The summed E-state index contributed by atoms with van der Waals surface area (Å²) in [5.74, 6) is 0. The van der Waals surface area contributed by atoms with Crippen LogP contribution >= 0.6 is 0 Å². The lowest BCUT2D eigenvalue weighted by atomic mass is 10.0. The lowest BCUT2D eigenvalue weighted by Gasteiger charge is -2.13. The number of benzene rings is 1. The van der Waals surface area contributed by atoms with Crippen LogP contribution in [-0.2, 0) is 6.42 Å². The fourth-order valence-corrected chi connectivity index (χ4v) is 2.09. The Bertz CT molecular complexity index is 247. The van der Waals surface area contributed by atoms with E-state index in [1.165, 1.54) is 31.2 Å². The second-order valence-electron chi connectivity index (χ2n) is 4.10. The molecule has 1 nitrogen and oxygen atoms in total. The van der Waals surface area contributed by atoms with Gasteiger partial charge in [-0.15, -0.1) is 0 Å². The van der Waals surface area contributed by atoms with Crippen molar-refractivity contribution in [3.8, 4) is 0 Å². The summed E-state index contributed by atoms with van der Waals surface area (Å²) in [6.45, 7) is 1.08. The summed E-state index contributed by atoms with van der Waals surface area (Å²) < 4.78 is 0. The Morgan fingerprint density at radius 3 is 2.79 bits per heavy atom. The predicted octanol–water partition coefficient (Wildman–Crippen LogP) is 2.78. The minimum absolute atomic E-state index is 0.583. The highest BCUT2D eigenvalue weighted by Gasteiger charge is 2.12. The highest BCUT2D eigenvalue weighted by Crippen LogP contribution is 2.13. The highest BCUT2D eigenvalue weighted by molar-refractivity contribution is 5.15. The van der Waals surface area contributed by atoms with E-state index in [1.54, 1.807) is 0 Å². The monoisotopic (exact) mass is 188 g/mol. The van der Waals surface area contributed by atoms with Crippen molar-refractivity contribution < 1.29 is 0 Å². The lowest BCUT2D eigenvalue weighted by Crippen LogP contribution is -2.23. The van der Waals surface area contributed by atoms with Crippen LogP contribution in [0.1, 0.15) is 31.2 Å². The Morgan fingerprint density at radius 2 is 1.93 bits per heavy atom. The fourth-order valence-electron chi connectivity index (χ4n) is 2.09. The molecule has 1 aromatic rings. The Hall–Kier alpha value is -0.820. The summed E-state index contributed by atoms with van der Waals surface area (Å²) >= 11 is 0. The van der Waals surface area contributed by atoms with Gasteiger partial charge in [-0.3, -0.25) is 0 Å².